The SMILES string of the molecule is CNC(=O)C(=O)NC[C@H](c1cccs1)[NH+]1CCc2ccccc2C1. The minimum atomic E-state index is -0.598. The van der Waals surface area contributed by atoms with E-state index in [2.05, 4.69) is 46.3 Å². The summed E-state index contributed by atoms with van der Waals surface area (Å²) in [7, 11) is 1.46. The first kappa shape index (κ1) is 16.7. The molecule has 1 aliphatic rings. The first-order chi connectivity index (χ1) is 11.7. The van der Waals surface area contributed by atoms with Crippen LogP contribution in [0.3, 0.4) is 0 Å². The van der Waals surface area contributed by atoms with Gasteiger partial charge in [0.2, 0.25) is 0 Å². The van der Waals surface area contributed by atoms with Crippen molar-refractivity contribution in [1.29, 1.82) is 0 Å². The molecule has 0 saturated carbocycles. The molecule has 0 spiro atoms. The van der Waals surface area contributed by atoms with E-state index in [1.54, 1.807) is 11.3 Å². The van der Waals surface area contributed by atoms with E-state index in [1.807, 2.05) is 6.07 Å². The topological polar surface area (TPSA) is 62.6 Å². The molecule has 6 heteroatoms. The van der Waals surface area contributed by atoms with Gasteiger partial charge in [-0.15, -0.1) is 11.3 Å². The molecule has 1 unspecified atom stereocenters. The van der Waals surface area contributed by atoms with E-state index in [1.165, 1.54) is 28.0 Å². The highest BCUT2D eigenvalue weighted by Crippen LogP contribution is 2.18. The monoisotopic (exact) mass is 344 g/mol. The van der Waals surface area contributed by atoms with E-state index in [0.717, 1.165) is 19.5 Å². The number of hydrogen-bond donors (Lipinski definition) is 3. The molecular formula is C18H22N3O2S+. The molecule has 24 heavy (non-hydrogen) atoms. The van der Waals surface area contributed by atoms with Crippen molar-refractivity contribution in [3.63, 3.8) is 0 Å². The van der Waals surface area contributed by atoms with Gasteiger partial charge < -0.3 is 15.5 Å². The van der Waals surface area contributed by atoms with Crippen LogP contribution in [0.25, 0.3) is 0 Å². The number of quaternary nitrogens is 1. The highest BCUT2D eigenvalue weighted by atomic mass is 32.1. The molecule has 1 aromatic carbocycles. The summed E-state index contributed by atoms with van der Waals surface area (Å²) in [6, 6.07) is 12.8. The Morgan fingerprint density at radius 2 is 1.96 bits per heavy atom. The lowest BCUT2D eigenvalue weighted by Crippen LogP contribution is -3.12. The second-order valence-electron chi connectivity index (χ2n) is 5.96. The number of thiophene rings is 1. The molecule has 0 fully saturated rings. The molecule has 126 valence electrons. The third-order valence-electron chi connectivity index (χ3n) is 4.53. The molecule has 0 saturated heterocycles. The normalized spacial score (nSPS) is 17.6. The zero-order valence-corrected chi connectivity index (χ0v) is 14.5. The van der Waals surface area contributed by atoms with Crippen molar-refractivity contribution >= 4 is 23.2 Å². The van der Waals surface area contributed by atoms with E-state index in [0.29, 0.717) is 6.54 Å². The van der Waals surface area contributed by atoms with Crippen LogP contribution in [0, 0.1) is 0 Å². The highest BCUT2D eigenvalue weighted by molar-refractivity contribution is 7.10. The van der Waals surface area contributed by atoms with E-state index in [-0.39, 0.29) is 6.04 Å². The van der Waals surface area contributed by atoms with Gasteiger partial charge >= 0.3 is 11.8 Å². The zero-order chi connectivity index (χ0) is 16.9. The molecule has 0 aliphatic carbocycles. The average molecular weight is 344 g/mol. The van der Waals surface area contributed by atoms with E-state index in [9.17, 15) is 9.59 Å². The number of fused-ring (bicyclic) bond motifs is 1. The van der Waals surface area contributed by atoms with Crippen LogP contribution in [-0.4, -0.2) is 32.0 Å². The number of hydrogen-bond acceptors (Lipinski definition) is 3. The van der Waals surface area contributed by atoms with Crippen molar-refractivity contribution in [2.45, 2.75) is 19.0 Å². The van der Waals surface area contributed by atoms with Crippen LogP contribution < -0.4 is 15.5 Å². The molecule has 2 amide bonds. The fourth-order valence-electron chi connectivity index (χ4n) is 3.22. The lowest BCUT2D eigenvalue weighted by Gasteiger charge is -2.32. The molecule has 0 radical (unpaired) electrons. The van der Waals surface area contributed by atoms with Crippen LogP contribution >= 0.6 is 11.3 Å². The molecule has 2 aromatic rings. The first-order valence-electron chi connectivity index (χ1n) is 8.13. The Morgan fingerprint density at radius 1 is 1.17 bits per heavy atom. The molecular weight excluding hydrogens is 322 g/mol. The third kappa shape index (κ3) is 3.66. The van der Waals surface area contributed by atoms with Crippen LogP contribution in [0.1, 0.15) is 22.0 Å². The average Bonchev–Trinajstić information content (AvgIpc) is 3.15. The van der Waals surface area contributed by atoms with Crippen molar-refractivity contribution in [3.8, 4) is 0 Å². The Kier molecular flexibility index (Phi) is 5.27. The van der Waals surface area contributed by atoms with Crippen molar-refractivity contribution in [3.05, 3.63) is 57.8 Å². The number of carbonyl (C=O) groups excluding carboxylic acids is 2. The number of rotatable bonds is 4. The maximum atomic E-state index is 11.8. The standard InChI is InChI=1S/C18H21N3O2S/c1-19-17(22)18(23)20-11-15(16-7-4-10-24-16)21-9-8-13-5-2-3-6-14(13)12-21/h2-7,10,15H,8-9,11-12H2,1H3,(H,19,22)(H,20,23)/p+1/t15-/m1/s1. The Labute approximate surface area is 145 Å². The molecule has 3 rings (SSSR count). The van der Waals surface area contributed by atoms with Gasteiger partial charge in [0.05, 0.1) is 18.0 Å². The fourth-order valence-corrected chi connectivity index (χ4v) is 4.11. The van der Waals surface area contributed by atoms with Gasteiger partial charge in [-0.1, -0.05) is 30.3 Å². The number of nitrogens with one attached hydrogen (secondary N) is 3. The van der Waals surface area contributed by atoms with Gasteiger partial charge in [0.25, 0.3) is 0 Å². The Morgan fingerprint density at radius 3 is 2.67 bits per heavy atom. The largest absolute Gasteiger partial charge is 0.351 e. The Bertz CT molecular complexity index is 715. The van der Waals surface area contributed by atoms with Gasteiger partial charge in [-0.25, -0.2) is 0 Å². The van der Waals surface area contributed by atoms with Crippen molar-refractivity contribution in [2.24, 2.45) is 0 Å². The molecule has 0 bridgehead atoms. The van der Waals surface area contributed by atoms with Gasteiger partial charge in [-0.3, -0.25) is 9.59 Å². The van der Waals surface area contributed by atoms with Gasteiger partial charge in [0, 0.05) is 19.0 Å². The number of amides is 2. The molecule has 1 aliphatic heterocycles. The molecule has 2 heterocycles. The van der Waals surface area contributed by atoms with Crippen LogP contribution in [0.15, 0.2) is 41.8 Å². The highest BCUT2D eigenvalue weighted by Gasteiger charge is 2.29. The summed E-state index contributed by atoms with van der Waals surface area (Å²) in [5.41, 5.74) is 2.79. The second kappa shape index (κ2) is 7.59. The molecule has 2 atom stereocenters. The van der Waals surface area contributed by atoms with Crippen molar-refractivity contribution < 1.29 is 14.5 Å². The quantitative estimate of drug-likeness (QED) is 0.699. The number of benzene rings is 1. The van der Waals surface area contributed by atoms with E-state index in [4.69, 9.17) is 0 Å². The van der Waals surface area contributed by atoms with Gasteiger partial charge in [0.15, 0.2) is 0 Å². The van der Waals surface area contributed by atoms with Gasteiger partial charge in [0.1, 0.15) is 12.6 Å². The predicted molar refractivity (Wildman–Crippen MR) is 93.8 cm³/mol. The summed E-state index contributed by atoms with van der Waals surface area (Å²) in [6.07, 6.45) is 1.04. The molecule has 3 N–H and O–H groups in total. The first-order valence-corrected chi connectivity index (χ1v) is 9.01. The second-order valence-corrected chi connectivity index (χ2v) is 6.94. The molecule has 5 nitrogen and oxygen atoms in total. The number of carbonyl (C=O) groups is 2. The van der Waals surface area contributed by atoms with Crippen LogP contribution in [0.4, 0.5) is 0 Å². The zero-order valence-electron chi connectivity index (χ0n) is 13.7. The lowest BCUT2D eigenvalue weighted by molar-refractivity contribution is -0.945. The van der Waals surface area contributed by atoms with E-state index >= 15 is 0 Å². The fraction of sp³-hybridized carbons (Fsp3) is 0.333. The predicted octanol–water partition coefficient (Wildman–Crippen LogP) is 0.293. The van der Waals surface area contributed by atoms with Gasteiger partial charge in [-0.2, -0.15) is 0 Å². The van der Waals surface area contributed by atoms with Crippen LogP contribution in [-0.2, 0) is 22.6 Å². The lowest BCUT2D eigenvalue weighted by atomic mass is 9.98. The summed E-state index contributed by atoms with van der Waals surface area (Å²) >= 11 is 1.70. The third-order valence-corrected chi connectivity index (χ3v) is 5.52. The summed E-state index contributed by atoms with van der Waals surface area (Å²) < 4.78 is 0. The Hall–Kier alpha value is -2.18. The van der Waals surface area contributed by atoms with Crippen molar-refractivity contribution in [1.82, 2.24) is 10.6 Å². The van der Waals surface area contributed by atoms with Crippen molar-refractivity contribution in [2.75, 3.05) is 20.1 Å². The maximum absolute atomic E-state index is 11.8. The summed E-state index contributed by atoms with van der Waals surface area (Å²) in [5, 5.41) is 7.19. The summed E-state index contributed by atoms with van der Waals surface area (Å²) in [5.74, 6) is -1.17. The smallest absolute Gasteiger partial charge is 0.309 e. The number of likely N-dealkylation sites (N-methyl/N-ethyl adjacent to an activating group) is 1. The maximum Gasteiger partial charge on any atom is 0.309 e. The van der Waals surface area contributed by atoms with E-state index < -0.39 is 11.8 Å². The van der Waals surface area contributed by atoms with Crippen LogP contribution in [0.2, 0.25) is 0 Å². The summed E-state index contributed by atoms with van der Waals surface area (Å²) in [6.45, 7) is 2.42. The minimum absolute atomic E-state index is 0.159. The molecule has 1 aromatic heterocycles. The Balaban J connectivity index is 1.74. The minimum Gasteiger partial charge on any atom is -0.351 e. The van der Waals surface area contributed by atoms with Crippen LogP contribution in [0.5, 0.6) is 0 Å². The van der Waals surface area contributed by atoms with Gasteiger partial charge in [-0.05, 0) is 17.0 Å². The summed E-state index contributed by atoms with van der Waals surface area (Å²) in [4.78, 5) is 25.9.